The fourth-order valence-electron chi connectivity index (χ4n) is 2.11. The van der Waals surface area contributed by atoms with Crippen LogP contribution in [0.3, 0.4) is 0 Å². The monoisotopic (exact) mass is 304 g/mol. The molecule has 0 radical (unpaired) electrons. The van der Waals surface area contributed by atoms with Gasteiger partial charge in [-0.25, -0.2) is 8.42 Å². The molecule has 21 heavy (non-hydrogen) atoms. The Morgan fingerprint density at radius 1 is 1.00 bits per heavy atom. The summed E-state index contributed by atoms with van der Waals surface area (Å²) in [4.78, 5) is 0.270. The van der Waals surface area contributed by atoms with Crippen LogP contribution >= 0.6 is 0 Å². The molecule has 0 aliphatic rings. The van der Waals surface area contributed by atoms with Crippen molar-refractivity contribution in [2.45, 2.75) is 32.2 Å². The molecule has 0 amide bonds. The van der Waals surface area contributed by atoms with Crippen molar-refractivity contribution in [2.75, 3.05) is 4.72 Å². The summed E-state index contributed by atoms with van der Waals surface area (Å²) in [5, 5.41) is 0. The van der Waals surface area contributed by atoms with E-state index in [0.717, 1.165) is 16.7 Å². The highest BCUT2D eigenvalue weighted by atomic mass is 32.2. The van der Waals surface area contributed by atoms with E-state index in [-0.39, 0.29) is 4.90 Å². The van der Waals surface area contributed by atoms with Gasteiger partial charge in [0.05, 0.1) is 10.6 Å². The fourth-order valence-corrected chi connectivity index (χ4v) is 3.52. The summed E-state index contributed by atoms with van der Waals surface area (Å²) < 4.78 is 27.9. The van der Waals surface area contributed by atoms with Gasteiger partial charge in [0.1, 0.15) is 0 Å². The first-order valence-electron chi connectivity index (χ1n) is 6.73. The van der Waals surface area contributed by atoms with E-state index in [1.165, 1.54) is 0 Å². The standard InChI is InChI=1S/C16H20N2O2S/c1-11-4-5-12(2)15(8-11)18-21(19,20)16-9-14(10-17)7-6-13(16)3/h4-9,18H,10,17H2,1-3H3. The molecule has 0 fully saturated rings. The molecular formula is C16H20N2O2S. The Morgan fingerprint density at radius 3 is 2.33 bits per heavy atom. The maximum atomic E-state index is 12.6. The van der Waals surface area contributed by atoms with Crippen LogP contribution in [0.1, 0.15) is 22.3 Å². The minimum absolute atomic E-state index is 0.270. The summed E-state index contributed by atoms with van der Waals surface area (Å²) in [5.74, 6) is 0. The Bertz CT molecular complexity index is 768. The third-order valence-electron chi connectivity index (χ3n) is 3.42. The molecule has 0 saturated heterocycles. The number of hydrogen-bond acceptors (Lipinski definition) is 3. The van der Waals surface area contributed by atoms with Gasteiger partial charge in [-0.2, -0.15) is 0 Å². The summed E-state index contributed by atoms with van der Waals surface area (Å²) >= 11 is 0. The molecule has 0 saturated carbocycles. The molecule has 0 heterocycles. The van der Waals surface area contributed by atoms with Crippen LogP contribution in [0.15, 0.2) is 41.3 Å². The molecule has 0 atom stereocenters. The largest absolute Gasteiger partial charge is 0.326 e. The van der Waals surface area contributed by atoms with Crippen LogP contribution in [0.5, 0.6) is 0 Å². The van der Waals surface area contributed by atoms with E-state index >= 15 is 0 Å². The molecule has 2 rings (SSSR count). The average molecular weight is 304 g/mol. The quantitative estimate of drug-likeness (QED) is 0.912. The highest BCUT2D eigenvalue weighted by molar-refractivity contribution is 7.92. The van der Waals surface area contributed by atoms with Crippen LogP contribution < -0.4 is 10.5 Å². The molecule has 4 nitrogen and oxygen atoms in total. The lowest BCUT2D eigenvalue weighted by Gasteiger charge is -2.14. The van der Waals surface area contributed by atoms with E-state index in [4.69, 9.17) is 5.73 Å². The van der Waals surface area contributed by atoms with Crippen LogP contribution in [-0.2, 0) is 16.6 Å². The Labute approximate surface area is 126 Å². The van der Waals surface area contributed by atoms with Gasteiger partial charge in [-0.3, -0.25) is 4.72 Å². The number of sulfonamides is 1. The topological polar surface area (TPSA) is 72.2 Å². The van der Waals surface area contributed by atoms with E-state index in [1.807, 2.05) is 38.1 Å². The lowest BCUT2D eigenvalue weighted by atomic mass is 10.1. The Balaban J connectivity index is 2.45. The second-order valence-corrected chi connectivity index (χ2v) is 6.88. The summed E-state index contributed by atoms with van der Waals surface area (Å²) in [6.07, 6.45) is 0. The van der Waals surface area contributed by atoms with Crippen LogP contribution in [0.2, 0.25) is 0 Å². The van der Waals surface area contributed by atoms with Gasteiger partial charge < -0.3 is 5.73 Å². The third kappa shape index (κ3) is 3.43. The second kappa shape index (κ2) is 5.87. The lowest BCUT2D eigenvalue weighted by Crippen LogP contribution is -2.15. The zero-order chi connectivity index (χ0) is 15.6. The van der Waals surface area contributed by atoms with Gasteiger partial charge in [0.2, 0.25) is 0 Å². The van der Waals surface area contributed by atoms with Crippen molar-refractivity contribution in [3.8, 4) is 0 Å². The molecule has 0 aliphatic carbocycles. The first-order chi connectivity index (χ1) is 9.83. The maximum absolute atomic E-state index is 12.6. The van der Waals surface area contributed by atoms with Gasteiger partial charge in [-0.1, -0.05) is 24.3 Å². The normalized spacial score (nSPS) is 11.4. The highest BCUT2D eigenvalue weighted by Crippen LogP contribution is 2.23. The zero-order valence-electron chi connectivity index (χ0n) is 12.5. The molecule has 112 valence electrons. The molecular weight excluding hydrogens is 284 g/mol. The smallest absolute Gasteiger partial charge is 0.262 e. The fraction of sp³-hybridized carbons (Fsp3) is 0.250. The number of nitrogens with two attached hydrogens (primary N) is 1. The lowest BCUT2D eigenvalue weighted by molar-refractivity contribution is 0.600. The Morgan fingerprint density at radius 2 is 1.67 bits per heavy atom. The van der Waals surface area contributed by atoms with E-state index in [9.17, 15) is 8.42 Å². The Kier molecular flexibility index (Phi) is 4.34. The van der Waals surface area contributed by atoms with Gasteiger partial charge in [0, 0.05) is 6.54 Å². The number of benzene rings is 2. The Hall–Kier alpha value is -1.85. The van der Waals surface area contributed by atoms with E-state index < -0.39 is 10.0 Å². The molecule has 2 aromatic rings. The number of hydrogen-bond donors (Lipinski definition) is 2. The molecule has 3 N–H and O–H groups in total. The van der Waals surface area contributed by atoms with Gasteiger partial charge >= 0.3 is 0 Å². The van der Waals surface area contributed by atoms with Crippen LogP contribution in [0, 0.1) is 20.8 Å². The number of rotatable bonds is 4. The number of nitrogens with one attached hydrogen (secondary N) is 1. The molecule has 2 aromatic carbocycles. The number of aryl methyl sites for hydroxylation is 3. The summed E-state index contributed by atoms with van der Waals surface area (Å²) in [6.45, 7) is 5.89. The van der Waals surface area contributed by atoms with Crippen molar-refractivity contribution in [1.82, 2.24) is 0 Å². The maximum Gasteiger partial charge on any atom is 0.262 e. The third-order valence-corrected chi connectivity index (χ3v) is 4.92. The first kappa shape index (κ1) is 15.5. The van der Waals surface area contributed by atoms with Crippen molar-refractivity contribution in [1.29, 1.82) is 0 Å². The minimum atomic E-state index is -3.62. The molecule has 0 bridgehead atoms. The predicted molar refractivity (Wildman–Crippen MR) is 85.8 cm³/mol. The first-order valence-corrected chi connectivity index (χ1v) is 8.21. The van der Waals surface area contributed by atoms with Crippen molar-refractivity contribution in [2.24, 2.45) is 5.73 Å². The van der Waals surface area contributed by atoms with Gasteiger partial charge in [-0.05, 0) is 55.2 Å². The van der Waals surface area contributed by atoms with Crippen molar-refractivity contribution < 1.29 is 8.42 Å². The van der Waals surface area contributed by atoms with Crippen molar-refractivity contribution in [3.63, 3.8) is 0 Å². The highest BCUT2D eigenvalue weighted by Gasteiger charge is 2.18. The minimum Gasteiger partial charge on any atom is -0.326 e. The molecule has 5 heteroatoms. The van der Waals surface area contributed by atoms with Crippen LogP contribution in [0.25, 0.3) is 0 Å². The average Bonchev–Trinajstić information content (AvgIpc) is 2.43. The van der Waals surface area contributed by atoms with Gasteiger partial charge in [-0.15, -0.1) is 0 Å². The summed E-state index contributed by atoms with van der Waals surface area (Å²) in [6, 6.07) is 10.9. The summed E-state index contributed by atoms with van der Waals surface area (Å²) in [7, 11) is -3.62. The second-order valence-electron chi connectivity index (χ2n) is 5.23. The van der Waals surface area contributed by atoms with Crippen LogP contribution in [-0.4, -0.2) is 8.42 Å². The van der Waals surface area contributed by atoms with E-state index in [1.54, 1.807) is 19.1 Å². The van der Waals surface area contributed by atoms with Gasteiger partial charge in [0.15, 0.2) is 0 Å². The van der Waals surface area contributed by atoms with Crippen molar-refractivity contribution >= 4 is 15.7 Å². The molecule has 0 unspecified atom stereocenters. The van der Waals surface area contributed by atoms with E-state index in [2.05, 4.69) is 4.72 Å². The summed E-state index contributed by atoms with van der Waals surface area (Å²) in [5.41, 5.74) is 9.58. The SMILES string of the molecule is Cc1ccc(C)c(NS(=O)(=O)c2cc(CN)ccc2C)c1. The predicted octanol–water partition coefficient (Wildman–Crippen LogP) is 2.87. The van der Waals surface area contributed by atoms with Crippen LogP contribution in [0.4, 0.5) is 5.69 Å². The van der Waals surface area contributed by atoms with Crippen molar-refractivity contribution in [3.05, 3.63) is 58.7 Å². The van der Waals surface area contributed by atoms with E-state index in [0.29, 0.717) is 17.8 Å². The molecule has 0 aliphatic heterocycles. The van der Waals surface area contributed by atoms with Gasteiger partial charge in [0.25, 0.3) is 10.0 Å². The zero-order valence-corrected chi connectivity index (χ0v) is 13.3. The molecule has 0 spiro atoms. The molecule has 0 aromatic heterocycles. The number of anilines is 1.